The van der Waals surface area contributed by atoms with Crippen molar-refractivity contribution in [3.05, 3.63) is 50.9 Å². The fourth-order valence-corrected chi connectivity index (χ4v) is 2.89. The second kappa shape index (κ2) is 5.62. The van der Waals surface area contributed by atoms with Gasteiger partial charge in [0.25, 0.3) is 0 Å². The van der Waals surface area contributed by atoms with Gasteiger partial charge in [-0.2, -0.15) is 0 Å². The second-order valence-corrected chi connectivity index (χ2v) is 5.94. The van der Waals surface area contributed by atoms with E-state index in [9.17, 15) is 4.39 Å². The highest BCUT2D eigenvalue weighted by Crippen LogP contribution is 2.30. The van der Waals surface area contributed by atoms with Crippen LogP contribution in [0.2, 0.25) is 0 Å². The van der Waals surface area contributed by atoms with E-state index in [0.29, 0.717) is 12.3 Å². The highest BCUT2D eigenvalue weighted by Gasteiger charge is 2.14. The van der Waals surface area contributed by atoms with Crippen molar-refractivity contribution in [2.75, 3.05) is 6.54 Å². The van der Waals surface area contributed by atoms with Crippen molar-refractivity contribution in [3.8, 4) is 5.75 Å². The molecule has 90 valence electrons. The Hall–Kier alpha value is -0.910. The van der Waals surface area contributed by atoms with Crippen LogP contribution in [0.1, 0.15) is 11.0 Å². The van der Waals surface area contributed by atoms with Crippen molar-refractivity contribution in [2.45, 2.75) is 6.10 Å². The van der Waals surface area contributed by atoms with Crippen molar-refractivity contribution >= 4 is 27.3 Å². The van der Waals surface area contributed by atoms with Gasteiger partial charge in [0.1, 0.15) is 17.7 Å². The molecule has 1 aromatic heterocycles. The summed E-state index contributed by atoms with van der Waals surface area (Å²) in [5, 5.41) is 0. The van der Waals surface area contributed by atoms with Crippen LogP contribution in [-0.2, 0) is 0 Å². The average molecular weight is 316 g/mol. The topological polar surface area (TPSA) is 35.2 Å². The van der Waals surface area contributed by atoms with E-state index in [1.807, 2.05) is 12.1 Å². The lowest BCUT2D eigenvalue weighted by atomic mass is 10.3. The molecule has 0 fully saturated rings. The van der Waals surface area contributed by atoms with E-state index in [-0.39, 0.29) is 11.9 Å². The molecule has 0 spiro atoms. The molecule has 0 bridgehead atoms. The molecule has 0 radical (unpaired) electrons. The summed E-state index contributed by atoms with van der Waals surface area (Å²) < 4.78 is 19.7. The third-order valence-electron chi connectivity index (χ3n) is 2.20. The van der Waals surface area contributed by atoms with E-state index in [4.69, 9.17) is 10.5 Å². The molecule has 0 aliphatic rings. The van der Waals surface area contributed by atoms with E-state index >= 15 is 0 Å². The van der Waals surface area contributed by atoms with Crippen LogP contribution < -0.4 is 10.5 Å². The molecule has 1 heterocycles. The SMILES string of the molecule is NCC(Oc1cccc(F)c1)c1ccc(Br)s1. The largest absolute Gasteiger partial charge is 0.483 e. The maximum Gasteiger partial charge on any atom is 0.145 e. The van der Waals surface area contributed by atoms with Crippen LogP contribution in [0.3, 0.4) is 0 Å². The third kappa shape index (κ3) is 3.28. The predicted octanol–water partition coefficient (Wildman–Crippen LogP) is 3.73. The Morgan fingerprint density at radius 3 is 2.76 bits per heavy atom. The van der Waals surface area contributed by atoms with Crippen LogP contribution in [0, 0.1) is 5.82 Å². The van der Waals surface area contributed by atoms with Crippen LogP contribution in [0.15, 0.2) is 40.2 Å². The summed E-state index contributed by atoms with van der Waals surface area (Å²) in [6.45, 7) is 0.351. The lowest BCUT2D eigenvalue weighted by Crippen LogP contribution is -2.17. The number of rotatable bonds is 4. The molecule has 17 heavy (non-hydrogen) atoms. The van der Waals surface area contributed by atoms with Gasteiger partial charge in [0.2, 0.25) is 0 Å². The van der Waals surface area contributed by atoms with Gasteiger partial charge in [-0.05, 0) is 40.2 Å². The first-order chi connectivity index (χ1) is 8.19. The van der Waals surface area contributed by atoms with Gasteiger partial charge in [0, 0.05) is 17.5 Å². The predicted molar refractivity (Wildman–Crippen MR) is 70.8 cm³/mol. The van der Waals surface area contributed by atoms with Gasteiger partial charge in [0.15, 0.2) is 0 Å². The summed E-state index contributed by atoms with van der Waals surface area (Å²) in [4.78, 5) is 1.02. The minimum Gasteiger partial charge on any atom is -0.483 e. The first-order valence-corrected chi connectivity index (χ1v) is 6.67. The Morgan fingerprint density at radius 2 is 2.18 bits per heavy atom. The van der Waals surface area contributed by atoms with Gasteiger partial charge in [-0.15, -0.1) is 11.3 Å². The molecular weight excluding hydrogens is 305 g/mol. The lowest BCUT2D eigenvalue weighted by Gasteiger charge is -2.15. The molecule has 5 heteroatoms. The Bertz CT molecular complexity index is 503. The van der Waals surface area contributed by atoms with Crippen molar-refractivity contribution in [1.82, 2.24) is 0 Å². The lowest BCUT2D eigenvalue weighted by molar-refractivity contribution is 0.217. The van der Waals surface area contributed by atoms with Gasteiger partial charge in [-0.1, -0.05) is 6.07 Å². The number of benzene rings is 1. The molecule has 2 rings (SSSR count). The van der Waals surface area contributed by atoms with Crippen molar-refractivity contribution in [1.29, 1.82) is 0 Å². The van der Waals surface area contributed by atoms with Crippen LogP contribution in [-0.4, -0.2) is 6.54 Å². The number of thiophene rings is 1. The van der Waals surface area contributed by atoms with Gasteiger partial charge in [-0.25, -0.2) is 4.39 Å². The van der Waals surface area contributed by atoms with E-state index in [1.165, 1.54) is 12.1 Å². The zero-order valence-corrected chi connectivity index (χ0v) is 11.3. The van der Waals surface area contributed by atoms with Gasteiger partial charge >= 0.3 is 0 Å². The Morgan fingerprint density at radius 1 is 1.35 bits per heavy atom. The fourth-order valence-electron chi connectivity index (χ4n) is 1.43. The van der Waals surface area contributed by atoms with Crippen LogP contribution >= 0.6 is 27.3 Å². The molecule has 2 nitrogen and oxygen atoms in total. The maximum atomic E-state index is 13.0. The van der Waals surface area contributed by atoms with Gasteiger partial charge in [0.05, 0.1) is 3.79 Å². The molecule has 0 amide bonds. The summed E-state index contributed by atoms with van der Waals surface area (Å²) in [6.07, 6.45) is -0.243. The smallest absolute Gasteiger partial charge is 0.145 e. The molecule has 0 saturated carbocycles. The number of ether oxygens (including phenoxy) is 1. The first kappa shape index (κ1) is 12.5. The monoisotopic (exact) mass is 315 g/mol. The molecular formula is C12H11BrFNOS. The standard InChI is InChI=1S/C12H11BrFNOS/c13-12-5-4-11(17-12)10(7-15)16-9-3-1-2-8(14)6-9/h1-6,10H,7,15H2. The Labute approximate surface area is 111 Å². The van der Waals surface area contributed by atoms with E-state index in [1.54, 1.807) is 23.5 Å². The quantitative estimate of drug-likeness (QED) is 0.933. The van der Waals surface area contributed by atoms with Crippen molar-refractivity contribution < 1.29 is 9.13 Å². The summed E-state index contributed by atoms with van der Waals surface area (Å²) in [7, 11) is 0. The zero-order valence-electron chi connectivity index (χ0n) is 8.90. The fraction of sp³-hybridized carbons (Fsp3) is 0.167. The minimum atomic E-state index is -0.314. The maximum absolute atomic E-state index is 13.0. The molecule has 0 aliphatic carbocycles. The van der Waals surface area contributed by atoms with E-state index in [0.717, 1.165) is 8.66 Å². The Balaban J connectivity index is 2.15. The number of halogens is 2. The summed E-state index contributed by atoms with van der Waals surface area (Å²) in [5.74, 6) is 0.176. The number of hydrogen-bond donors (Lipinski definition) is 1. The normalized spacial score (nSPS) is 12.4. The Kier molecular flexibility index (Phi) is 4.15. The summed E-state index contributed by atoms with van der Waals surface area (Å²) >= 11 is 4.95. The van der Waals surface area contributed by atoms with E-state index in [2.05, 4.69) is 15.9 Å². The van der Waals surface area contributed by atoms with Gasteiger partial charge in [-0.3, -0.25) is 0 Å². The summed E-state index contributed by atoms with van der Waals surface area (Å²) in [6, 6.07) is 9.96. The third-order valence-corrected chi connectivity index (χ3v) is 3.92. The molecule has 2 N–H and O–H groups in total. The van der Waals surface area contributed by atoms with E-state index < -0.39 is 0 Å². The number of hydrogen-bond acceptors (Lipinski definition) is 3. The highest BCUT2D eigenvalue weighted by molar-refractivity contribution is 9.11. The van der Waals surface area contributed by atoms with Gasteiger partial charge < -0.3 is 10.5 Å². The molecule has 1 aromatic carbocycles. The zero-order chi connectivity index (χ0) is 12.3. The first-order valence-electron chi connectivity index (χ1n) is 5.06. The minimum absolute atomic E-state index is 0.243. The van der Waals surface area contributed by atoms with Crippen LogP contribution in [0.25, 0.3) is 0 Å². The molecule has 1 unspecified atom stereocenters. The average Bonchev–Trinajstić information content (AvgIpc) is 2.73. The van der Waals surface area contributed by atoms with Crippen LogP contribution in [0.5, 0.6) is 5.75 Å². The molecule has 0 aliphatic heterocycles. The molecule has 1 atom stereocenters. The van der Waals surface area contributed by atoms with Crippen LogP contribution in [0.4, 0.5) is 4.39 Å². The van der Waals surface area contributed by atoms with Crippen molar-refractivity contribution in [3.63, 3.8) is 0 Å². The highest BCUT2D eigenvalue weighted by atomic mass is 79.9. The molecule has 2 aromatic rings. The molecule has 0 saturated heterocycles. The summed E-state index contributed by atoms with van der Waals surface area (Å²) in [5.41, 5.74) is 5.67. The second-order valence-electron chi connectivity index (χ2n) is 3.44. The number of nitrogens with two attached hydrogens (primary N) is 1. The van der Waals surface area contributed by atoms with Crippen molar-refractivity contribution in [2.24, 2.45) is 5.73 Å².